The monoisotopic (exact) mass is 501 g/mol. The van der Waals surface area contributed by atoms with Gasteiger partial charge in [0.2, 0.25) is 5.75 Å². The lowest BCUT2D eigenvalue weighted by molar-refractivity contribution is 0.0685. The zero-order chi connectivity index (χ0) is 24.4. The normalized spacial score (nSPS) is 10.9. The van der Waals surface area contributed by atoms with E-state index in [1.807, 2.05) is 0 Å². The summed E-state index contributed by atoms with van der Waals surface area (Å²) in [6.45, 7) is 1.70. The number of pyridine rings is 1. The highest BCUT2D eigenvalue weighted by atomic mass is 35.5. The average molecular weight is 502 g/mol. The van der Waals surface area contributed by atoms with Gasteiger partial charge in [0, 0.05) is 21.8 Å². The Bertz CT molecular complexity index is 1390. The van der Waals surface area contributed by atoms with Crippen molar-refractivity contribution in [1.82, 2.24) is 14.5 Å². The smallest absolute Gasteiger partial charge is 0.354 e. The molecule has 0 saturated heterocycles. The second-order valence-corrected chi connectivity index (χ2v) is 8.12. The fourth-order valence-corrected chi connectivity index (χ4v) is 3.89. The minimum absolute atomic E-state index is 0.00635. The molecule has 4 aromatic rings. The number of aromatic carboxylic acids is 1. The van der Waals surface area contributed by atoms with E-state index in [-0.39, 0.29) is 29.5 Å². The number of nitrogens with zero attached hydrogens (tertiary/aromatic N) is 3. The summed E-state index contributed by atoms with van der Waals surface area (Å²) < 4.78 is 26.7. The lowest BCUT2D eigenvalue weighted by atomic mass is 10.2. The average Bonchev–Trinajstić information content (AvgIpc) is 3.13. The number of imidazole rings is 1. The summed E-state index contributed by atoms with van der Waals surface area (Å²) in [5.41, 5.74) is 1.38. The maximum absolute atomic E-state index is 14.3. The Balaban J connectivity index is 1.79. The summed E-state index contributed by atoms with van der Waals surface area (Å²) in [7, 11) is 1.41. The van der Waals surface area contributed by atoms with Crippen molar-refractivity contribution in [2.45, 2.75) is 13.5 Å². The third kappa shape index (κ3) is 4.69. The van der Waals surface area contributed by atoms with Gasteiger partial charge in [-0.3, -0.25) is 4.98 Å². The fraction of sp³-hybridized carbons (Fsp3) is 0.125. The number of para-hydroxylation sites is 1. The van der Waals surface area contributed by atoms with Crippen molar-refractivity contribution in [3.05, 3.63) is 87.7 Å². The van der Waals surface area contributed by atoms with E-state index in [2.05, 4.69) is 9.97 Å². The molecule has 1 N–H and O–H groups in total. The van der Waals surface area contributed by atoms with E-state index in [9.17, 15) is 14.3 Å². The number of benzene rings is 2. The summed E-state index contributed by atoms with van der Waals surface area (Å²) >= 11 is 12.4. The topological polar surface area (TPSA) is 86.5 Å². The fourth-order valence-electron chi connectivity index (χ4n) is 3.52. The Kier molecular flexibility index (Phi) is 6.72. The zero-order valence-electron chi connectivity index (χ0n) is 18.1. The van der Waals surface area contributed by atoms with Gasteiger partial charge in [-0.25, -0.2) is 14.2 Å². The van der Waals surface area contributed by atoms with Gasteiger partial charge in [-0.2, -0.15) is 0 Å². The number of methoxy groups -OCH3 is 1. The number of carboxylic acid groups (broad SMARTS) is 1. The Labute approximate surface area is 204 Å². The molecular weight excluding hydrogens is 484 g/mol. The van der Waals surface area contributed by atoms with Gasteiger partial charge >= 0.3 is 5.97 Å². The minimum atomic E-state index is -1.15. The van der Waals surface area contributed by atoms with E-state index in [1.165, 1.54) is 36.2 Å². The number of aromatic nitrogens is 3. The maximum Gasteiger partial charge on any atom is 0.354 e. The number of rotatable bonds is 7. The summed E-state index contributed by atoms with van der Waals surface area (Å²) in [5.74, 6) is -1.10. The number of hydrogen-bond acceptors (Lipinski definition) is 5. The summed E-state index contributed by atoms with van der Waals surface area (Å²) in [6, 6.07) is 10.9. The number of halogens is 3. The van der Waals surface area contributed by atoms with Gasteiger partial charge in [0.1, 0.15) is 11.6 Å². The third-order valence-corrected chi connectivity index (χ3v) is 5.63. The van der Waals surface area contributed by atoms with E-state index in [0.717, 1.165) is 0 Å². The summed E-state index contributed by atoms with van der Waals surface area (Å²) in [5, 5.41) is 10.7. The largest absolute Gasteiger partial charge is 0.493 e. The first-order chi connectivity index (χ1) is 16.3. The minimum Gasteiger partial charge on any atom is -0.493 e. The molecule has 2 aromatic carbocycles. The Morgan fingerprint density at radius 2 is 1.97 bits per heavy atom. The van der Waals surface area contributed by atoms with Crippen LogP contribution in [0.15, 0.2) is 54.9 Å². The highest BCUT2D eigenvalue weighted by molar-refractivity contribution is 6.33. The van der Waals surface area contributed by atoms with Crippen LogP contribution in [0.25, 0.3) is 11.4 Å². The Morgan fingerprint density at radius 1 is 1.18 bits per heavy atom. The van der Waals surface area contributed by atoms with Gasteiger partial charge in [0.15, 0.2) is 17.3 Å². The van der Waals surface area contributed by atoms with Crippen molar-refractivity contribution in [2.24, 2.45) is 0 Å². The molecule has 0 fully saturated rings. The molecule has 10 heteroatoms. The van der Waals surface area contributed by atoms with E-state index in [0.29, 0.717) is 32.7 Å². The van der Waals surface area contributed by atoms with E-state index in [1.54, 1.807) is 37.3 Å². The Hall–Kier alpha value is -3.62. The molecule has 34 heavy (non-hydrogen) atoms. The summed E-state index contributed by atoms with van der Waals surface area (Å²) in [4.78, 5) is 20.7. The quantitative estimate of drug-likeness (QED) is 0.322. The van der Waals surface area contributed by atoms with Crippen LogP contribution in [0.3, 0.4) is 0 Å². The third-order valence-electron chi connectivity index (χ3n) is 5.02. The maximum atomic E-state index is 14.3. The second-order valence-electron chi connectivity index (χ2n) is 7.28. The van der Waals surface area contributed by atoms with Gasteiger partial charge in [0.25, 0.3) is 0 Å². The molecule has 2 heterocycles. The summed E-state index contributed by atoms with van der Waals surface area (Å²) in [6.07, 6.45) is 2.91. The second kappa shape index (κ2) is 9.70. The first kappa shape index (κ1) is 23.5. The molecule has 0 spiro atoms. The van der Waals surface area contributed by atoms with Crippen LogP contribution < -0.4 is 9.47 Å². The predicted molar refractivity (Wildman–Crippen MR) is 126 cm³/mol. The van der Waals surface area contributed by atoms with E-state index < -0.39 is 11.8 Å². The van der Waals surface area contributed by atoms with Crippen LogP contribution >= 0.6 is 23.2 Å². The number of hydrogen-bond donors (Lipinski definition) is 1. The molecule has 7 nitrogen and oxygen atoms in total. The first-order valence-corrected chi connectivity index (χ1v) is 10.7. The van der Waals surface area contributed by atoms with Crippen LogP contribution in [0.2, 0.25) is 10.0 Å². The molecule has 0 unspecified atom stereocenters. The highest BCUT2D eigenvalue weighted by Gasteiger charge is 2.23. The SMILES string of the molecule is COc1cccc(F)c1Oc1cncc(-c2nc(C)c(C(=O)O)n2Cc2cc(Cl)ccc2Cl)c1. The highest BCUT2D eigenvalue weighted by Crippen LogP contribution is 2.35. The van der Waals surface area contributed by atoms with Crippen LogP contribution in [-0.2, 0) is 6.54 Å². The molecule has 0 aliphatic carbocycles. The molecule has 0 bridgehead atoms. The van der Waals surface area contributed by atoms with Gasteiger partial charge < -0.3 is 19.1 Å². The van der Waals surface area contributed by atoms with E-state index >= 15 is 0 Å². The van der Waals surface area contributed by atoms with Crippen LogP contribution in [0.4, 0.5) is 4.39 Å². The molecule has 174 valence electrons. The lowest BCUT2D eigenvalue weighted by Crippen LogP contribution is -2.12. The lowest BCUT2D eigenvalue weighted by Gasteiger charge is -2.14. The van der Waals surface area contributed by atoms with Gasteiger partial charge in [-0.15, -0.1) is 0 Å². The number of carbonyl (C=O) groups is 1. The Morgan fingerprint density at radius 3 is 2.71 bits per heavy atom. The number of aryl methyl sites for hydroxylation is 1. The molecule has 0 aliphatic rings. The zero-order valence-corrected chi connectivity index (χ0v) is 19.6. The molecule has 2 aromatic heterocycles. The van der Waals surface area contributed by atoms with Crippen molar-refractivity contribution < 1.29 is 23.8 Å². The van der Waals surface area contributed by atoms with Crippen molar-refractivity contribution in [3.8, 4) is 28.6 Å². The van der Waals surface area contributed by atoms with Crippen molar-refractivity contribution in [3.63, 3.8) is 0 Å². The molecule has 0 aliphatic heterocycles. The molecular formula is C24H18Cl2FN3O4. The number of ether oxygens (including phenoxy) is 2. The molecule has 4 rings (SSSR count). The van der Waals surface area contributed by atoms with Crippen LogP contribution in [0.1, 0.15) is 21.7 Å². The van der Waals surface area contributed by atoms with Gasteiger partial charge in [-0.05, 0) is 48.9 Å². The van der Waals surface area contributed by atoms with Crippen molar-refractivity contribution in [1.29, 1.82) is 0 Å². The van der Waals surface area contributed by atoms with Crippen LogP contribution in [-0.4, -0.2) is 32.7 Å². The molecule has 0 amide bonds. The molecule has 0 saturated carbocycles. The predicted octanol–water partition coefficient (Wildman–Crippen LogP) is 6.25. The molecule has 0 radical (unpaired) electrons. The van der Waals surface area contributed by atoms with Crippen molar-refractivity contribution >= 4 is 29.2 Å². The molecule has 0 atom stereocenters. The standard InChI is InChI=1S/C24H18Cl2FN3O4/c1-13-21(24(31)32)30(12-15-8-16(25)6-7-18(15)26)23(29-13)14-9-17(11-28-10-14)34-22-19(27)4-3-5-20(22)33-2/h3-11H,12H2,1-2H3,(H,31,32). The first-order valence-electron chi connectivity index (χ1n) is 9.98. The van der Waals surface area contributed by atoms with Crippen LogP contribution in [0, 0.1) is 12.7 Å². The van der Waals surface area contributed by atoms with Gasteiger partial charge in [0.05, 0.1) is 25.5 Å². The number of carboxylic acids is 1. The van der Waals surface area contributed by atoms with Gasteiger partial charge in [-0.1, -0.05) is 29.3 Å². The van der Waals surface area contributed by atoms with Crippen LogP contribution in [0.5, 0.6) is 17.2 Å². The van der Waals surface area contributed by atoms with E-state index in [4.69, 9.17) is 32.7 Å². The van der Waals surface area contributed by atoms with Crippen molar-refractivity contribution in [2.75, 3.05) is 7.11 Å².